The first kappa shape index (κ1) is 18.9. The van der Waals surface area contributed by atoms with Crippen molar-refractivity contribution in [2.45, 2.75) is 44.7 Å². The van der Waals surface area contributed by atoms with Crippen molar-refractivity contribution in [2.24, 2.45) is 0 Å². The fraction of sp³-hybridized carbons (Fsp3) is 0.333. The second kappa shape index (κ2) is 7.90. The third-order valence-corrected chi connectivity index (χ3v) is 5.50. The van der Waals surface area contributed by atoms with Crippen LogP contribution < -0.4 is 10.6 Å². The molecule has 0 aliphatic heterocycles. The van der Waals surface area contributed by atoms with E-state index < -0.39 is 6.09 Å². The van der Waals surface area contributed by atoms with Gasteiger partial charge in [0.25, 0.3) is 0 Å². The minimum atomic E-state index is -0.981. The number of H-pyrrole nitrogens is 1. The minimum Gasteiger partial charge on any atom is -0.465 e. The zero-order valence-corrected chi connectivity index (χ0v) is 16.1. The van der Waals surface area contributed by atoms with Crippen LogP contribution in [-0.4, -0.2) is 44.0 Å². The number of hydrogen-bond donors (Lipinski definition) is 4. The van der Waals surface area contributed by atoms with Crippen molar-refractivity contribution < 1.29 is 14.7 Å². The molecule has 1 amide bonds. The number of hydrogen-bond acceptors (Lipinski definition) is 5. The first-order valence-corrected chi connectivity index (χ1v) is 9.71. The largest absolute Gasteiger partial charge is 0.465 e. The van der Waals surface area contributed by atoms with E-state index >= 15 is 0 Å². The van der Waals surface area contributed by atoms with Gasteiger partial charge in [0.05, 0.1) is 10.9 Å². The highest BCUT2D eigenvalue weighted by Crippen LogP contribution is 2.29. The fourth-order valence-electron chi connectivity index (χ4n) is 3.97. The number of carbonyl (C=O) groups is 2. The normalized spacial score (nSPS) is 19.1. The molecule has 29 heavy (non-hydrogen) atoms. The van der Waals surface area contributed by atoms with E-state index in [1.165, 1.54) is 6.33 Å². The van der Waals surface area contributed by atoms with Gasteiger partial charge in [-0.25, -0.2) is 14.8 Å². The highest BCUT2D eigenvalue weighted by Gasteiger charge is 2.25. The number of aromatic amines is 1. The van der Waals surface area contributed by atoms with E-state index in [0.717, 1.165) is 31.2 Å². The number of fused-ring (bicyclic) bond motifs is 1. The van der Waals surface area contributed by atoms with Crippen molar-refractivity contribution in [1.29, 1.82) is 0 Å². The van der Waals surface area contributed by atoms with Gasteiger partial charge < -0.3 is 20.7 Å². The Bertz CT molecular complexity index is 1050. The third-order valence-electron chi connectivity index (χ3n) is 5.50. The van der Waals surface area contributed by atoms with Gasteiger partial charge in [-0.2, -0.15) is 0 Å². The lowest BCUT2D eigenvalue weighted by Crippen LogP contribution is -2.39. The van der Waals surface area contributed by atoms with Gasteiger partial charge in [-0.05, 0) is 38.2 Å². The summed E-state index contributed by atoms with van der Waals surface area (Å²) < 4.78 is 0. The van der Waals surface area contributed by atoms with Gasteiger partial charge in [0, 0.05) is 23.8 Å². The molecule has 1 fully saturated rings. The number of aromatic nitrogens is 3. The molecule has 8 nitrogen and oxygen atoms in total. The van der Waals surface area contributed by atoms with Gasteiger partial charge in [0.2, 0.25) is 0 Å². The van der Waals surface area contributed by atoms with Crippen molar-refractivity contribution in [2.75, 3.05) is 5.32 Å². The molecular formula is C21H23N5O3. The standard InChI is InChI=1S/C21H23N5O3/c1-12-4-2-3-5-15(12)18(27)16-10-22-19-17(16)20(24-11-23-19)25-13-6-8-14(9-7-13)26-21(28)29/h2-5,10-11,13-14,26H,6-9H2,1H3,(H,28,29)(H2,22,23,24,25). The second-order valence-electron chi connectivity index (χ2n) is 7.43. The van der Waals surface area contributed by atoms with Crippen LogP contribution in [0.2, 0.25) is 0 Å². The predicted octanol–water partition coefficient (Wildman–Crippen LogP) is 3.49. The minimum absolute atomic E-state index is 0.0126. The summed E-state index contributed by atoms with van der Waals surface area (Å²) in [6, 6.07) is 7.66. The SMILES string of the molecule is Cc1ccccc1C(=O)c1c[nH]c2ncnc(NC3CCC(NC(=O)O)CC3)c12. The van der Waals surface area contributed by atoms with E-state index in [1.807, 2.05) is 31.2 Å². The Morgan fingerprint density at radius 2 is 1.79 bits per heavy atom. The zero-order valence-electron chi connectivity index (χ0n) is 16.1. The summed E-state index contributed by atoms with van der Waals surface area (Å²) in [5.41, 5.74) is 2.73. The summed E-state index contributed by atoms with van der Waals surface area (Å²) in [4.78, 5) is 35.7. The smallest absolute Gasteiger partial charge is 0.404 e. The molecule has 0 bridgehead atoms. The van der Waals surface area contributed by atoms with E-state index in [4.69, 9.17) is 5.11 Å². The number of benzene rings is 1. The van der Waals surface area contributed by atoms with Crippen LogP contribution in [0.15, 0.2) is 36.8 Å². The van der Waals surface area contributed by atoms with Crippen molar-refractivity contribution in [3.8, 4) is 0 Å². The average Bonchev–Trinajstić information content (AvgIpc) is 3.14. The number of ketones is 1. The maximum Gasteiger partial charge on any atom is 0.404 e. The van der Waals surface area contributed by atoms with Crippen LogP contribution in [0.1, 0.15) is 47.2 Å². The number of aryl methyl sites for hydroxylation is 1. The molecule has 2 heterocycles. The Hall–Kier alpha value is -3.42. The third kappa shape index (κ3) is 3.91. The topological polar surface area (TPSA) is 120 Å². The first-order chi connectivity index (χ1) is 14.0. The molecule has 0 spiro atoms. The van der Waals surface area contributed by atoms with E-state index in [0.29, 0.717) is 28.0 Å². The lowest BCUT2D eigenvalue weighted by Gasteiger charge is -2.29. The summed E-state index contributed by atoms with van der Waals surface area (Å²) >= 11 is 0. The molecule has 0 atom stereocenters. The number of anilines is 1. The molecule has 1 saturated carbocycles. The molecule has 4 rings (SSSR count). The molecule has 3 aromatic rings. The van der Waals surface area contributed by atoms with Crippen molar-refractivity contribution in [3.63, 3.8) is 0 Å². The van der Waals surface area contributed by atoms with Crippen molar-refractivity contribution >= 4 is 28.7 Å². The molecule has 1 aliphatic carbocycles. The maximum absolute atomic E-state index is 13.2. The number of carboxylic acid groups (broad SMARTS) is 1. The highest BCUT2D eigenvalue weighted by molar-refractivity contribution is 6.18. The summed E-state index contributed by atoms with van der Waals surface area (Å²) in [6.07, 6.45) is 5.35. The summed E-state index contributed by atoms with van der Waals surface area (Å²) in [6.45, 7) is 1.92. The van der Waals surface area contributed by atoms with Crippen LogP contribution >= 0.6 is 0 Å². The number of rotatable bonds is 5. The van der Waals surface area contributed by atoms with Crippen LogP contribution in [0.4, 0.5) is 10.6 Å². The molecule has 1 aromatic carbocycles. The predicted molar refractivity (Wildman–Crippen MR) is 109 cm³/mol. The fourth-order valence-corrected chi connectivity index (χ4v) is 3.97. The Morgan fingerprint density at radius 1 is 1.07 bits per heavy atom. The Labute approximate surface area is 167 Å². The molecule has 150 valence electrons. The quantitative estimate of drug-likeness (QED) is 0.493. The van der Waals surface area contributed by atoms with Crippen LogP contribution in [-0.2, 0) is 0 Å². The number of amides is 1. The molecule has 2 aromatic heterocycles. The first-order valence-electron chi connectivity index (χ1n) is 9.71. The van der Waals surface area contributed by atoms with E-state index in [9.17, 15) is 9.59 Å². The monoisotopic (exact) mass is 393 g/mol. The molecule has 0 radical (unpaired) electrons. The lowest BCUT2D eigenvalue weighted by molar-refractivity contribution is 0.103. The lowest BCUT2D eigenvalue weighted by atomic mass is 9.91. The number of nitrogens with one attached hydrogen (secondary N) is 3. The highest BCUT2D eigenvalue weighted by atomic mass is 16.4. The molecule has 4 N–H and O–H groups in total. The van der Waals surface area contributed by atoms with Gasteiger partial charge in [-0.15, -0.1) is 0 Å². The number of carbonyl (C=O) groups excluding carboxylic acids is 1. The zero-order chi connectivity index (χ0) is 20.4. The van der Waals surface area contributed by atoms with Crippen molar-refractivity contribution in [1.82, 2.24) is 20.3 Å². The maximum atomic E-state index is 13.2. The second-order valence-corrected chi connectivity index (χ2v) is 7.43. The van der Waals surface area contributed by atoms with Crippen LogP contribution in [0.25, 0.3) is 11.0 Å². The summed E-state index contributed by atoms with van der Waals surface area (Å²) in [5.74, 6) is 0.560. The summed E-state index contributed by atoms with van der Waals surface area (Å²) in [5, 5.41) is 15.6. The van der Waals surface area contributed by atoms with Crippen LogP contribution in [0.5, 0.6) is 0 Å². The Morgan fingerprint density at radius 3 is 2.52 bits per heavy atom. The van der Waals surface area contributed by atoms with E-state index in [1.54, 1.807) is 6.20 Å². The average molecular weight is 393 g/mol. The molecule has 1 aliphatic rings. The van der Waals surface area contributed by atoms with Gasteiger partial charge in [0.15, 0.2) is 5.78 Å². The molecule has 0 saturated heterocycles. The van der Waals surface area contributed by atoms with Gasteiger partial charge in [0.1, 0.15) is 17.8 Å². The van der Waals surface area contributed by atoms with E-state index in [-0.39, 0.29) is 17.9 Å². The van der Waals surface area contributed by atoms with Gasteiger partial charge in [-0.1, -0.05) is 24.3 Å². The number of nitrogens with zero attached hydrogens (tertiary/aromatic N) is 2. The van der Waals surface area contributed by atoms with Crippen LogP contribution in [0.3, 0.4) is 0 Å². The Kier molecular flexibility index (Phi) is 5.16. The van der Waals surface area contributed by atoms with Gasteiger partial charge >= 0.3 is 6.09 Å². The molecular weight excluding hydrogens is 370 g/mol. The molecule has 0 unspecified atom stereocenters. The summed E-state index contributed by atoms with van der Waals surface area (Å²) in [7, 11) is 0. The van der Waals surface area contributed by atoms with Crippen molar-refractivity contribution in [3.05, 3.63) is 53.5 Å². The Balaban J connectivity index is 1.58. The van der Waals surface area contributed by atoms with Crippen LogP contribution in [0, 0.1) is 6.92 Å². The molecule has 8 heteroatoms. The van der Waals surface area contributed by atoms with Gasteiger partial charge in [-0.3, -0.25) is 4.79 Å². The van der Waals surface area contributed by atoms with E-state index in [2.05, 4.69) is 25.6 Å².